The third-order valence-corrected chi connectivity index (χ3v) is 5.11. The van der Waals surface area contributed by atoms with Crippen molar-refractivity contribution in [3.63, 3.8) is 0 Å². The van der Waals surface area contributed by atoms with E-state index >= 15 is 0 Å². The number of allylic oxidation sites excluding steroid dienone is 1. The van der Waals surface area contributed by atoms with E-state index in [9.17, 15) is 4.79 Å². The van der Waals surface area contributed by atoms with Crippen LogP contribution >= 0.6 is 35.4 Å². The van der Waals surface area contributed by atoms with Gasteiger partial charge in [-0.2, -0.15) is 0 Å². The molecular formula is C17H20Cl2N2O3S. The zero-order valence-corrected chi connectivity index (χ0v) is 16.8. The molecule has 1 aromatic carbocycles. The number of hydrogen-bond donors (Lipinski definition) is 1. The van der Waals surface area contributed by atoms with Crippen LogP contribution in [0, 0.1) is 0 Å². The summed E-state index contributed by atoms with van der Waals surface area (Å²) in [7, 11) is 2.97. The van der Waals surface area contributed by atoms with Crippen molar-refractivity contribution in [1.29, 1.82) is 0 Å². The normalized spacial score (nSPS) is 18.9. The van der Waals surface area contributed by atoms with Gasteiger partial charge in [-0.15, -0.1) is 0 Å². The number of carbonyl (C=O) groups excluding carboxylic acids is 1. The number of benzene rings is 1. The Kier molecular flexibility index (Phi) is 6.68. The molecule has 1 N–H and O–H groups in total. The first kappa shape index (κ1) is 20.0. The molecule has 0 bridgehead atoms. The molecule has 0 amide bonds. The number of methoxy groups -OCH3 is 2. The fourth-order valence-electron chi connectivity index (χ4n) is 2.92. The number of thiocarbonyl (C=S) groups is 1. The highest BCUT2D eigenvalue weighted by Gasteiger charge is 2.36. The molecule has 0 aromatic heterocycles. The largest absolute Gasteiger partial charge is 0.466 e. The summed E-state index contributed by atoms with van der Waals surface area (Å²) >= 11 is 17.7. The van der Waals surface area contributed by atoms with Crippen molar-refractivity contribution in [1.82, 2.24) is 10.2 Å². The molecule has 25 heavy (non-hydrogen) atoms. The molecule has 2 rings (SSSR count). The monoisotopic (exact) mass is 402 g/mol. The van der Waals surface area contributed by atoms with Crippen LogP contribution in [-0.2, 0) is 14.3 Å². The molecule has 8 heteroatoms. The maximum Gasteiger partial charge on any atom is 0.337 e. The summed E-state index contributed by atoms with van der Waals surface area (Å²) in [5.41, 5.74) is 1.96. The number of nitrogens with zero attached hydrogens (tertiary/aromatic N) is 1. The molecule has 0 spiro atoms. The molecule has 0 aliphatic carbocycles. The maximum absolute atomic E-state index is 12.5. The molecule has 0 radical (unpaired) electrons. The highest BCUT2D eigenvalue weighted by atomic mass is 35.5. The second-order valence-electron chi connectivity index (χ2n) is 5.72. The van der Waals surface area contributed by atoms with Crippen molar-refractivity contribution < 1.29 is 14.3 Å². The number of hydrogen-bond acceptors (Lipinski definition) is 4. The molecule has 1 aliphatic rings. The average Bonchev–Trinajstić information content (AvgIpc) is 2.56. The van der Waals surface area contributed by atoms with E-state index in [-0.39, 0.29) is 6.04 Å². The van der Waals surface area contributed by atoms with Crippen molar-refractivity contribution in [3.8, 4) is 0 Å². The highest BCUT2D eigenvalue weighted by molar-refractivity contribution is 7.80. The van der Waals surface area contributed by atoms with E-state index < -0.39 is 12.0 Å². The first-order valence-electron chi connectivity index (χ1n) is 7.64. The van der Waals surface area contributed by atoms with E-state index in [1.54, 1.807) is 25.3 Å². The summed E-state index contributed by atoms with van der Waals surface area (Å²) in [4.78, 5) is 14.3. The van der Waals surface area contributed by atoms with Gasteiger partial charge in [0.15, 0.2) is 5.11 Å². The lowest BCUT2D eigenvalue weighted by molar-refractivity contribution is -0.136. The van der Waals surface area contributed by atoms with E-state index in [0.29, 0.717) is 27.3 Å². The average molecular weight is 403 g/mol. The molecule has 0 unspecified atom stereocenters. The van der Waals surface area contributed by atoms with Crippen LogP contribution in [0.4, 0.5) is 0 Å². The van der Waals surface area contributed by atoms with Gasteiger partial charge in [-0.05, 0) is 43.8 Å². The van der Waals surface area contributed by atoms with E-state index in [1.165, 1.54) is 7.11 Å². The van der Waals surface area contributed by atoms with Gasteiger partial charge in [0.2, 0.25) is 0 Å². The number of esters is 1. The Hall–Kier alpha value is -1.34. The van der Waals surface area contributed by atoms with Gasteiger partial charge >= 0.3 is 5.97 Å². The maximum atomic E-state index is 12.5. The van der Waals surface area contributed by atoms with Gasteiger partial charge in [0.1, 0.15) is 0 Å². The summed E-state index contributed by atoms with van der Waals surface area (Å²) in [5.74, 6) is -0.432. The number of carbonyl (C=O) groups is 1. The summed E-state index contributed by atoms with van der Waals surface area (Å²) in [6, 6.07) is 4.70. The quantitative estimate of drug-likeness (QED) is 0.598. The minimum Gasteiger partial charge on any atom is -0.466 e. The zero-order valence-electron chi connectivity index (χ0n) is 14.4. The fourth-order valence-corrected chi connectivity index (χ4v) is 3.66. The first-order chi connectivity index (χ1) is 11.8. The van der Waals surface area contributed by atoms with Crippen molar-refractivity contribution in [3.05, 3.63) is 45.1 Å². The minimum absolute atomic E-state index is 0.0422. The summed E-state index contributed by atoms with van der Waals surface area (Å²) in [5, 5.41) is 4.56. The van der Waals surface area contributed by atoms with Gasteiger partial charge in [0.25, 0.3) is 0 Å². The van der Waals surface area contributed by atoms with Gasteiger partial charge in [0.05, 0.1) is 41.4 Å². The Labute approximate surface area is 162 Å². The Morgan fingerprint density at radius 2 is 2.04 bits per heavy atom. The lowest BCUT2D eigenvalue weighted by Crippen LogP contribution is -2.52. The molecule has 0 fully saturated rings. The van der Waals surface area contributed by atoms with Gasteiger partial charge in [0, 0.05) is 12.8 Å². The van der Waals surface area contributed by atoms with Gasteiger partial charge < -0.3 is 19.7 Å². The molecular weight excluding hydrogens is 383 g/mol. The topological polar surface area (TPSA) is 50.8 Å². The van der Waals surface area contributed by atoms with Crippen molar-refractivity contribution in [2.45, 2.75) is 25.9 Å². The summed E-state index contributed by atoms with van der Waals surface area (Å²) in [6.07, 6.45) is 0. The second-order valence-corrected chi connectivity index (χ2v) is 6.92. The van der Waals surface area contributed by atoms with Crippen LogP contribution in [0.1, 0.15) is 25.5 Å². The molecule has 1 aliphatic heterocycles. The van der Waals surface area contributed by atoms with Crippen molar-refractivity contribution >= 4 is 46.5 Å². The molecule has 0 saturated heterocycles. The molecule has 0 saturated carbocycles. The second kappa shape index (κ2) is 8.36. The van der Waals surface area contributed by atoms with E-state index in [2.05, 4.69) is 5.32 Å². The third kappa shape index (κ3) is 4.08. The Balaban J connectivity index is 2.55. The van der Waals surface area contributed by atoms with Crippen LogP contribution in [0.15, 0.2) is 29.5 Å². The van der Waals surface area contributed by atoms with E-state index in [4.69, 9.17) is 44.9 Å². The van der Waals surface area contributed by atoms with Gasteiger partial charge in [-0.1, -0.05) is 29.3 Å². The van der Waals surface area contributed by atoms with Crippen LogP contribution in [0.25, 0.3) is 0 Å². The van der Waals surface area contributed by atoms with Crippen LogP contribution in [0.5, 0.6) is 0 Å². The zero-order chi connectivity index (χ0) is 18.7. The Morgan fingerprint density at radius 3 is 2.60 bits per heavy atom. The first-order valence-corrected chi connectivity index (χ1v) is 8.80. The predicted octanol–water partition coefficient (Wildman–Crippen LogP) is 3.71. The SMILES string of the molecule is COC[C@H](C)N1C(=S)N[C@H](c2ccc(Cl)c(Cl)c2)C(C(=O)OC)=C1C. The van der Waals surface area contributed by atoms with Crippen molar-refractivity contribution in [2.75, 3.05) is 20.8 Å². The fraction of sp³-hybridized carbons (Fsp3) is 0.412. The minimum atomic E-state index is -0.472. The summed E-state index contributed by atoms with van der Waals surface area (Å²) in [6.45, 7) is 4.27. The van der Waals surface area contributed by atoms with Crippen LogP contribution < -0.4 is 5.32 Å². The lowest BCUT2D eigenvalue weighted by atomic mass is 9.94. The lowest BCUT2D eigenvalue weighted by Gasteiger charge is -2.40. The Bertz CT molecular complexity index is 724. The molecule has 1 heterocycles. The van der Waals surface area contributed by atoms with E-state index in [0.717, 1.165) is 11.3 Å². The highest BCUT2D eigenvalue weighted by Crippen LogP contribution is 2.34. The third-order valence-electron chi connectivity index (χ3n) is 4.06. The van der Waals surface area contributed by atoms with Crippen LogP contribution in [0.2, 0.25) is 10.0 Å². The van der Waals surface area contributed by atoms with Crippen LogP contribution in [0.3, 0.4) is 0 Å². The number of ether oxygens (including phenoxy) is 2. The smallest absolute Gasteiger partial charge is 0.337 e. The standard InChI is InChI=1S/C17H20Cl2N2O3S/c1-9(8-23-3)21-10(2)14(16(22)24-4)15(20-17(21)25)11-5-6-12(18)13(19)7-11/h5-7,9,15H,8H2,1-4H3,(H,20,25)/t9-,15+/m0/s1. The van der Waals surface area contributed by atoms with Gasteiger partial charge in [-0.3, -0.25) is 0 Å². The van der Waals surface area contributed by atoms with E-state index in [1.807, 2.05) is 18.7 Å². The van der Waals surface area contributed by atoms with Crippen molar-refractivity contribution in [2.24, 2.45) is 0 Å². The number of halogens is 2. The predicted molar refractivity (Wildman–Crippen MR) is 103 cm³/mol. The molecule has 5 nitrogen and oxygen atoms in total. The molecule has 2 atom stereocenters. The summed E-state index contributed by atoms with van der Waals surface area (Å²) < 4.78 is 10.2. The molecule has 136 valence electrons. The van der Waals surface area contributed by atoms with Crippen LogP contribution in [-0.4, -0.2) is 42.8 Å². The number of rotatable bonds is 5. The Morgan fingerprint density at radius 1 is 1.36 bits per heavy atom. The number of nitrogens with one attached hydrogen (secondary N) is 1. The molecule has 1 aromatic rings. The van der Waals surface area contributed by atoms with Gasteiger partial charge in [-0.25, -0.2) is 4.79 Å².